The van der Waals surface area contributed by atoms with Crippen LogP contribution in [0.4, 0.5) is 0 Å². The van der Waals surface area contributed by atoms with Gasteiger partial charge in [-0.2, -0.15) is 4.98 Å². The Balaban J connectivity index is 1.46. The van der Waals surface area contributed by atoms with Gasteiger partial charge < -0.3 is 14.7 Å². The number of hydrogen-bond donors (Lipinski definition) is 1. The minimum atomic E-state index is 0.477. The van der Waals surface area contributed by atoms with Crippen LogP contribution >= 0.6 is 0 Å². The summed E-state index contributed by atoms with van der Waals surface area (Å²) in [7, 11) is 0. The fourth-order valence-corrected chi connectivity index (χ4v) is 3.27. The Kier molecular flexibility index (Phi) is 4.13. The van der Waals surface area contributed by atoms with Gasteiger partial charge in [-0.15, -0.1) is 0 Å². The van der Waals surface area contributed by atoms with Crippen LogP contribution in [0.3, 0.4) is 0 Å². The molecule has 3 heterocycles. The predicted molar refractivity (Wildman–Crippen MR) is 73.0 cm³/mol. The van der Waals surface area contributed by atoms with Gasteiger partial charge in [0.2, 0.25) is 5.89 Å². The lowest BCUT2D eigenvalue weighted by molar-refractivity contribution is 0.157. The highest BCUT2D eigenvalue weighted by Gasteiger charge is 2.26. The Morgan fingerprint density at radius 1 is 1.21 bits per heavy atom. The van der Waals surface area contributed by atoms with Crippen LogP contribution in [0.2, 0.25) is 0 Å². The second-order valence-electron chi connectivity index (χ2n) is 5.95. The highest BCUT2D eigenvalue weighted by molar-refractivity contribution is 4.95. The average molecular weight is 264 g/mol. The maximum absolute atomic E-state index is 5.30. The molecule has 1 aromatic rings. The van der Waals surface area contributed by atoms with Gasteiger partial charge in [0.25, 0.3) is 0 Å². The van der Waals surface area contributed by atoms with Crippen molar-refractivity contribution < 1.29 is 4.52 Å². The first-order valence-electron chi connectivity index (χ1n) is 7.54. The third-order valence-corrected chi connectivity index (χ3v) is 4.46. The molecule has 2 aliphatic rings. The number of rotatable bonds is 3. The van der Waals surface area contributed by atoms with E-state index < -0.39 is 0 Å². The van der Waals surface area contributed by atoms with E-state index in [1.165, 1.54) is 45.6 Å². The van der Waals surface area contributed by atoms with E-state index in [0.29, 0.717) is 5.92 Å². The van der Waals surface area contributed by atoms with Crippen molar-refractivity contribution >= 4 is 0 Å². The molecule has 2 fully saturated rings. The van der Waals surface area contributed by atoms with Gasteiger partial charge in [-0.05, 0) is 64.7 Å². The molecule has 2 saturated heterocycles. The average Bonchev–Trinajstić information content (AvgIpc) is 2.87. The topological polar surface area (TPSA) is 54.2 Å². The predicted octanol–water partition coefficient (Wildman–Crippen LogP) is 1.56. The van der Waals surface area contributed by atoms with E-state index in [1.54, 1.807) is 0 Å². The van der Waals surface area contributed by atoms with Crippen molar-refractivity contribution in [2.75, 3.05) is 32.7 Å². The first kappa shape index (κ1) is 13.1. The molecular formula is C14H24N4O. The van der Waals surface area contributed by atoms with E-state index in [0.717, 1.165) is 30.5 Å². The van der Waals surface area contributed by atoms with Crippen molar-refractivity contribution in [3.05, 3.63) is 11.7 Å². The number of aryl methyl sites for hydroxylation is 1. The minimum absolute atomic E-state index is 0.477. The van der Waals surface area contributed by atoms with Crippen LogP contribution in [0.1, 0.15) is 43.3 Å². The summed E-state index contributed by atoms with van der Waals surface area (Å²) in [6, 6.07) is 0. The van der Waals surface area contributed by atoms with E-state index in [-0.39, 0.29) is 0 Å². The van der Waals surface area contributed by atoms with Gasteiger partial charge in [0.1, 0.15) is 0 Å². The molecule has 0 bridgehead atoms. The molecule has 1 aromatic heterocycles. The van der Waals surface area contributed by atoms with E-state index in [9.17, 15) is 0 Å². The Morgan fingerprint density at radius 2 is 1.95 bits per heavy atom. The molecule has 5 heteroatoms. The third kappa shape index (κ3) is 3.34. The molecule has 0 spiro atoms. The maximum Gasteiger partial charge on any atom is 0.229 e. The molecule has 106 valence electrons. The van der Waals surface area contributed by atoms with Crippen LogP contribution in [0.5, 0.6) is 0 Å². The quantitative estimate of drug-likeness (QED) is 0.898. The van der Waals surface area contributed by atoms with Crippen LogP contribution in [-0.2, 0) is 0 Å². The summed E-state index contributed by atoms with van der Waals surface area (Å²) in [5.41, 5.74) is 0. The molecule has 0 aromatic carbocycles. The Morgan fingerprint density at radius 3 is 2.58 bits per heavy atom. The van der Waals surface area contributed by atoms with E-state index in [2.05, 4.69) is 20.4 Å². The number of aromatic nitrogens is 2. The maximum atomic E-state index is 5.30. The zero-order chi connectivity index (χ0) is 13.1. The van der Waals surface area contributed by atoms with Crippen molar-refractivity contribution in [3.63, 3.8) is 0 Å². The van der Waals surface area contributed by atoms with E-state index in [4.69, 9.17) is 4.52 Å². The van der Waals surface area contributed by atoms with Crippen molar-refractivity contribution in [1.82, 2.24) is 20.4 Å². The Hall–Kier alpha value is -0.940. The van der Waals surface area contributed by atoms with Gasteiger partial charge in [0.05, 0.1) is 0 Å². The monoisotopic (exact) mass is 264 g/mol. The van der Waals surface area contributed by atoms with Crippen LogP contribution in [0.25, 0.3) is 0 Å². The van der Waals surface area contributed by atoms with Crippen LogP contribution in [0, 0.1) is 12.8 Å². The standard InChI is InChI=1S/C14H24N4O/c1-11-16-14(19-17-11)13-4-8-18(9-5-13)10-12-2-6-15-7-3-12/h12-13,15H,2-10H2,1H3. The Bertz CT molecular complexity index is 392. The fraction of sp³-hybridized carbons (Fsp3) is 0.857. The zero-order valence-electron chi connectivity index (χ0n) is 11.8. The lowest BCUT2D eigenvalue weighted by atomic mass is 9.93. The molecule has 19 heavy (non-hydrogen) atoms. The van der Waals surface area contributed by atoms with Crippen LogP contribution in [-0.4, -0.2) is 47.8 Å². The molecule has 0 radical (unpaired) electrons. The molecule has 0 atom stereocenters. The zero-order valence-corrected chi connectivity index (χ0v) is 11.8. The second-order valence-corrected chi connectivity index (χ2v) is 5.95. The molecule has 2 aliphatic heterocycles. The minimum Gasteiger partial charge on any atom is -0.339 e. The normalized spacial score (nSPS) is 23.8. The van der Waals surface area contributed by atoms with Crippen LogP contribution in [0.15, 0.2) is 4.52 Å². The summed E-state index contributed by atoms with van der Waals surface area (Å²) < 4.78 is 5.30. The first-order chi connectivity index (χ1) is 9.31. The van der Waals surface area contributed by atoms with Gasteiger partial charge in [-0.1, -0.05) is 5.16 Å². The van der Waals surface area contributed by atoms with Crippen molar-refractivity contribution in [2.45, 2.75) is 38.5 Å². The first-order valence-corrected chi connectivity index (χ1v) is 7.54. The molecule has 0 aliphatic carbocycles. The Labute approximate surface area is 114 Å². The molecule has 0 amide bonds. The highest BCUT2D eigenvalue weighted by atomic mass is 16.5. The SMILES string of the molecule is Cc1noc(C2CCN(CC3CCNCC3)CC2)n1. The smallest absolute Gasteiger partial charge is 0.229 e. The van der Waals surface area contributed by atoms with E-state index in [1.807, 2.05) is 6.92 Å². The van der Waals surface area contributed by atoms with E-state index >= 15 is 0 Å². The fourth-order valence-electron chi connectivity index (χ4n) is 3.27. The summed E-state index contributed by atoms with van der Waals surface area (Å²) in [5.74, 6) is 2.97. The lowest BCUT2D eigenvalue weighted by Crippen LogP contribution is -2.39. The van der Waals surface area contributed by atoms with Crippen molar-refractivity contribution in [1.29, 1.82) is 0 Å². The highest BCUT2D eigenvalue weighted by Crippen LogP contribution is 2.27. The van der Waals surface area contributed by atoms with Gasteiger partial charge >= 0.3 is 0 Å². The number of nitrogens with zero attached hydrogens (tertiary/aromatic N) is 3. The number of likely N-dealkylation sites (tertiary alicyclic amines) is 1. The molecule has 0 saturated carbocycles. The molecule has 3 rings (SSSR count). The summed E-state index contributed by atoms with van der Waals surface area (Å²) in [6.07, 6.45) is 4.99. The summed E-state index contributed by atoms with van der Waals surface area (Å²) >= 11 is 0. The summed E-state index contributed by atoms with van der Waals surface area (Å²) in [4.78, 5) is 6.99. The third-order valence-electron chi connectivity index (χ3n) is 4.46. The van der Waals surface area contributed by atoms with Crippen molar-refractivity contribution in [3.8, 4) is 0 Å². The largest absolute Gasteiger partial charge is 0.339 e. The molecule has 0 unspecified atom stereocenters. The number of hydrogen-bond acceptors (Lipinski definition) is 5. The number of nitrogens with one attached hydrogen (secondary N) is 1. The van der Waals surface area contributed by atoms with Crippen molar-refractivity contribution in [2.24, 2.45) is 5.92 Å². The molecule has 1 N–H and O–H groups in total. The van der Waals surface area contributed by atoms with Gasteiger partial charge in [-0.3, -0.25) is 0 Å². The summed E-state index contributed by atoms with van der Waals surface area (Å²) in [6.45, 7) is 7.91. The lowest BCUT2D eigenvalue weighted by Gasteiger charge is -2.34. The van der Waals surface area contributed by atoms with Gasteiger partial charge in [-0.25, -0.2) is 0 Å². The van der Waals surface area contributed by atoms with Crippen LogP contribution < -0.4 is 5.32 Å². The number of piperidine rings is 2. The molecule has 5 nitrogen and oxygen atoms in total. The summed E-state index contributed by atoms with van der Waals surface area (Å²) in [5, 5.41) is 7.33. The van der Waals surface area contributed by atoms with Gasteiger partial charge in [0, 0.05) is 12.5 Å². The van der Waals surface area contributed by atoms with Gasteiger partial charge in [0.15, 0.2) is 5.82 Å². The molecular weight excluding hydrogens is 240 g/mol. The second kappa shape index (κ2) is 6.01.